The predicted molar refractivity (Wildman–Crippen MR) is 122 cm³/mol. The summed E-state index contributed by atoms with van der Waals surface area (Å²) in [5.74, 6) is 3.84. The fourth-order valence-electron chi connectivity index (χ4n) is 5.90. The molecule has 0 atom stereocenters. The standard InChI is InChI=1S/C27H45N/c1-3-5-7-8-10-22-11-14-24(15-12-22)25-16-18-26(19-17-25)27-20-13-23(21-28-27)9-6-4-2/h13,20-22,24-26H,3-12,14-19H2,1-2H3. The summed E-state index contributed by atoms with van der Waals surface area (Å²) in [6.45, 7) is 4.58. The molecule has 0 unspecified atom stereocenters. The third-order valence-electron chi connectivity index (χ3n) is 7.88. The molecule has 1 heterocycles. The second kappa shape index (κ2) is 12.0. The van der Waals surface area contributed by atoms with Gasteiger partial charge in [-0.15, -0.1) is 0 Å². The summed E-state index contributed by atoms with van der Waals surface area (Å²) < 4.78 is 0. The zero-order chi connectivity index (χ0) is 19.6. The summed E-state index contributed by atoms with van der Waals surface area (Å²) >= 11 is 0. The molecule has 2 aliphatic carbocycles. The van der Waals surface area contributed by atoms with E-state index in [4.69, 9.17) is 4.98 Å². The van der Waals surface area contributed by atoms with Crippen molar-refractivity contribution in [2.45, 2.75) is 122 Å². The highest BCUT2D eigenvalue weighted by atomic mass is 14.7. The van der Waals surface area contributed by atoms with Gasteiger partial charge in [-0.1, -0.05) is 71.3 Å². The minimum Gasteiger partial charge on any atom is -0.261 e. The van der Waals surface area contributed by atoms with Crippen molar-refractivity contribution in [2.75, 3.05) is 0 Å². The maximum Gasteiger partial charge on any atom is 0.0434 e. The zero-order valence-electron chi connectivity index (χ0n) is 18.8. The molecule has 0 amide bonds. The van der Waals surface area contributed by atoms with Crippen LogP contribution in [0.5, 0.6) is 0 Å². The van der Waals surface area contributed by atoms with Gasteiger partial charge >= 0.3 is 0 Å². The lowest BCUT2D eigenvalue weighted by Gasteiger charge is -2.38. The van der Waals surface area contributed by atoms with Gasteiger partial charge in [-0.25, -0.2) is 0 Å². The van der Waals surface area contributed by atoms with Crippen LogP contribution in [0, 0.1) is 17.8 Å². The lowest BCUT2D eigenvalue weighted by molar-refractivity contribution is 0.155. The van der Waals surface area contributed by atoms with Crippen LogP contribution in [-0.2, 0) is 6.42 Å². The largest absolute Gasteiger partial charge is 0.261 e. The molecule has 0 radical (unpaired) electrons. The molecule has 3 rings (SSSR count). The fourth-order valence-corrected chi connectivity index (χ4v) is 5.90. The van der Waals surface area contributed by atoms with Crippen molar-refractivity contribution in [1.29, 1.82) is 0 Å². The Morgan fingerprint density at radius 3 is 2.04 bits per heavy atom. The minimum absolute atomic E-state index is 0.728. The van der Waals surface area contributed by atoms with Crippen molar-refractivity contribution in [2.24, 2.45) is 17.8 Å². The van der Waals surface area contributed by atoms with Gasteiger partial charge in [-0.3, -0.25) is 4.98 Å². The second-order valence-corrected chi connectivity index (χ2v) is 9.94. The van der Waals surface area contributed by atoms with Crippen LogP contribution in [0.4, 0.5) is 0 Å². The number of aromatic nitrogens is 1. The van der Waals surface area contributed by atoms with Crippen LogP contribution >= 0.6 is 0 Å². The van der Waals surface area contributed by atoms with Crippen LogP contribution in [0.1, 0.15) is 127 Å². The van der Waals surface area contributed by atoms with E-state index in [9.17, 15) is 0 Å². The summed E-state index contributed by atoms with van der Waals surface area (Å²) in [5.41, 5.74) is 2.79. The number of hydrogen-bond acceptors (Lipinski definition) is 1. The van der Waals surface area contributed by atoms with Gasteiger partial charge in [0.25, 0.3) is 0 Å². The fraction of sp³-hybridized carbons (Fsp3) is 0.815. The number of hydrogen-bond donors (Lipinski definition) is 0. The molecule has 0 spiro atoms. The van der Waals surface area contributed by atoms with Gasteiger partial charge in [-0.05, 0) is 80.8 Å². The predicted octanol–water partition coefficient (Wildman–Crippen LogP) is 8.47. The summed E-state index contributed by atoms with van der Waals surface area (Å²) in [4.78, 5) is 4.84. The van der Waals surface area contributed by atoms with E-state index >= 15 is 0 Å². The minimum atomic E-state index is 0.728. The van der Waals surface area contributed by atoms with Crippen LogP contribution in [-0.4, -0.2) is 4.98 Å². The van der Waals surface area contributed by atoms with E-state index in [0.29, 0.717) is 0 Å². The molecule has 0 N–H and O–H groups in total. The second-order valence-electron chi connectivity index (χ2n) is 9.94. The number of pyridine rings is 1. The Kier molecular flexibility index (Phi) is 9.35. The van der Waals surface area contributed by atoms with Gasteiger partial charge in [0.1, 0.15) is 0 Å². The molecule has 158 valence electrons. The summed E-state index contributed by atoms with van der Waals surface area (Å²) in [7, 11) is 0. The first kappa shape index (κ1) is 21.8. The topological polar surface area (TPSA) is 12.9 Å². The highest BCUT2D eigenvalue weighted by Gasteiger charge is 2.31. The van der Waals surface area contributed by atoms with Crippen molar-refractivity contribution in [3.63, 3.8) is 0 Å². The van der Waals surface area contributed by atoms with Crippen LogP contribution in [0.2, 0.25) is 0 Å². The smallest absolute Gasteiger partial charge is 0.0434 e. The Bertz CT molecular complexity index is 518. The Labute approximate surface area is 175 Å². The molecule has 0 saturated heterocycles. The van der Waals surface area contributed by atoms with E-state index in [1.54, 1.807) is 0 Å². The Morgan fingerprint density at radius 2 is 1.43 bits per heavy atom. The molecule has 1 aromatic heterocycles. The molecule has 1 aromatic rings. The molecule has 2 fully saturated rings. The quantitative estimate of drug-likeness (QED) is 0.369. The van der Waals surface area contributed by atoms with Crippen molar-refractivity contribution in [3.8, 4) is 0 Å². The van der Waals surface area contributed by atoms with E-state index in [1.165, 1.54) is 114 Å². The van der Waals surface area contributed by atoms with Crippen LogP contribution in [0.25, 0.3) is 0 Å². The summed E-state index contributed by atoms with van der Waals surface area (Å²) in [6, 6.07) is 4.67. The van der Waals surface area contributed by atoms with Crippen molar-refractivity contribution < 1.29 is 0 Å². The maximum absolute atomic E-state index is 4.84. The molecule has 0 aromatic carbocycles. The molecular formula is C27H45N. The van der Waals surface area contributed by atoms with Gasteiger partial charge in [0.05, 0.1) is 0 Å². The van der Waals surface area contributed by atoms with Crippen molar-refractivity contribution in [1.82, 2.24) is 4.98 Å². The van der Waals surface area contributed by atoms with E-state index in [-0.39, 0.29) is 0 Å². The molecule has 0 bridgehead atoms. The van der Waals surface area contributed by atoms with E-state index in [2.05, 4.69) is 32.2 Å². The highest BCUT2D eigenvalue weighted by molar-refractivity contribution is 5.17. The molecule has 2 aliphatic rings. The summed E-state index contributed by atoms with van der Waals surface area (Å²) in [6.07, 6.45) is 24.9. The molecular weight excluding hydrogens is 338 g/mol. The van der Waals surface area contributed by atoms with Crippen LogP contribution in [0.15, 0.2) is 18.3 Å². The third kappa shape index (κ3) is 6.60. The Balaban J connectivity index is 1.36. The number of rotatable bonds is 10. The normalized spacial score (nSPS) is 28.4. The monoisotopic (exact) mass is 383 g/mol. The van der Waals surface area contributed by atoms with E-state index in [0.717, 1.165) is 23.7 Å². The zero-order valence-corrected chi connectivity index (χ0v) is 18.8. The average molecular weight is 384 g/mol. The van der Waals surface area contributed by atoms with Crippen molar-refractivity contribution >= 4 is 0 Å². The molecule has 0 aliphatic heterocycles. The SMILES string of the molecule is CCCCCCC1CCC(C2CCC(c3ccc(CCCC)cn3)CC2)CC1. The van der Waals surface area contributed by atoms with Crippen molar-refractivity contribution in [3.05, 3.63) is 29.6 Å². The van der Waals surface area contributed by atoms with Gasteiger partial charge in [0, 0.05) is 17.8 Å². The average Bonchev–Trinajstić information content (AvgIpc) is 2.76. The Hall–Kier alpha value is -0.850. The first-order chi connectivity index (χ1) is 13.8. The lowest BCUT2D eigenvalue weighted by atomic mass is 9.68. The first-order valence-electron chi connectivity index (χ1n) is 12.7. The Morgan fingerprint density at radius 1 is 0.750 bits per heavy atom. The van der Waals surface area contributed by atoms with E-state index in [1.807, 2.05) is 0 Å². The molecule has 2 saturated carbocycles. The molecule has 1 heteroatoms. The van der Waals surface area contributed by atoms with Crippen LogP contribution < -0.4 is 0 Å². The third-order valence-corrected chi connectivity index (χ3v) is 7.88. The van der Waals surface area contributed by atoms with Crippen LogP contribution in [0.3, 0.4) is 0 Å². The number of unbranched alkanes of at least 4 members (excludes halogenated alkanes) is 4. The van der Waals surface area contributed by atoms with Gasteiger partial charge < -0.3 is 0 Å². The van der Waals surface area contributed by atoms with Gasteiger partial charge in [-0.2, -0.15) is 0 Å². The highest BCUT2D eigenvalue weighted by Crippen LogP contribution is 2.44. The lowest BCUT2D eigenvalue weighted by Crippen LogP contribution is -2.25. The maximum atomic E-state index is 4.84. The molecule has 28 heavy (non-hydrogen) atoms. The van der Waals surface area contributed by atoms with Gasteiger partial charge in [0.15, 0.2) is 0 Å². The first-order valence-corrected chi connectivity index (χ1v) is 12.7. The van der Waals surface area contributed by atoms with E-state index < -0.39 is 0 Å². The number of aryl methyl sites for hydroxylation is 1. The van der Waals surface area contributed by atoms with Gasteiger partial charge in [0.2, 0.25) is 0 Å². The number of nitrogens with zero attached hydrogens (tertiary/aromatic N) is 1. The molecule has 1 nitrogen and oxygen atoms in total. The summed E-state index contributed by atoms with van der Waals surface area (Å²) in [5, 5.41) is 0.